The molecule has 0 aliphatic carbocycles. The van der Waals surface area contributed by atoms with Gasteiger partial charge in [-0.25, -0.2) is 0 Å². The Morgan fingerprint density at radius 3 is 2.36 bits per heavy atom. The molecule has 150 valence electrons. The normalized spacial score (nSPS) is 10.6. The van der Waals surface area contributed by atoms with Crippen LogP contribution in [0.4, 0.5) is 0 Å². The fourth-order valence-electron chi connectivity index (χ4n) is 2.44. The largest absolute Gasteiger partial charge is 0.352 e. The molecule has 1 heterocycles. The summed E-state index contributed by atoms with van der Waals surface area (Å²) < 4.78 is 0. The van der Waals surface area contributed by atoms with Crippen LogP contribution in [0.2, 0.25) is 0 Å². The molecule has 0 saturated heterocycles. The van der Waals surface area contributed by atoms with Crippen molar-refractivity contribution in [3.05, 3.63) is 57.8 Å². The van der Waals surface area contributed by atoms with Crippen molar-refractivity contribution < 1.29 is 14.4 Å². The Morgan fingerprint density at radius 1 is 1.04 bits per heavy atom. The van der Waals surface area contributed by atoms with Crippen LogP contribution in [0.3, 0.4) is 0 Å². The van der Waals surface area contributed by atoms with Gasteiger partial charge in [0.15, 0.2) is 0 Å². The Hall–Kier alpha value is -2.67. The highest BCUT2D eigenvalue weighted by Gasteiger charge is 2.14. The first kappa shape index (κ1) is 21.6. The minimum atomic E-state index is -0.112. The van der Waals surface area contributed by atoms with Crippen LogP contribution >= 0.6 is 11.3 Å². The minimum Gasteiger partial charge on any atom is -0.352 e. The van der Waals surface area contributed by atoms with Gasteiger partial charge in [-0.1, -0.05) is 12.1 Å². The van der Waals surface area contributed by atoms with E-state index in [4.69, 9.17) is 0 Å². The highest BCUT2D eigenvalue weighted by Crippen LogP contribution is 2.09. The fraction of sp³-hybridized carbons (Fsp3) is 0.381. The summed E-state index contributed by atoms with van der Waals surface area (Å²) in [5.41, 5.74) is 2.21. The van der Waals surface area contributed by atoms with E-state index in [9.17, 15) is 14.4 Å². The van der Waals surface area contributed by atoms with E-state index in [2.05, 4.69) is 10.6 Å². The molecule has 0 unspecified atom stereocenters. The van der Waals surface area contributed by atoms with Gasteiger partial charge < -0.3 is 15.5 Å². The molecule has 0 bridgehead atoms. The zero-order valence-electron chi connectivity index (χ0n) is 16.5. The number of hydrogen-bond acceptors (Lipinski definition) is 4. The van der Waals surface area contributed by atoms with E-state index in [0.717, 1.165) is 5.56 Å². The standard InChI is InChI=1S/C21H27N3O3S/c1-15(2)24(3)21(27)17-8-6-16(7-9-17)13-23-19(25)5-4-11-22-20(26)18-10-12-28-14-18/h6-10,12,14-15H,4-5,11,13H2,1-3H3,(H,22,26)(H,23,25). The predicted molar refractivity (Wildman–Crippen MR) is 111 cm³/mol. The molecular formula is C21H27N3O3S. The quantitative estimate of drug-likeness (QED) is 0.634. The number of carbonyl (C=O) groups excluding carboxylic acids is 3. The van der Waals surface area contributed by atoms with E-state index in [0.29, 0.717) is 37.1 Å². The van der Waals surface area contributed by atoms with Gasteiger partial charge in [0.25, 0.3) is 11.8 Å². The van der Waals surface area contributed by atoms with E-state index in [1.807, 2.05) is 31.4 Å². The number of amides is 3. The van der Waals surface area contributed by atoms with E-state index in [1.165, 1.54) is 11.3 Å². The lowest BCUT2D eigenvalue weighted by atomic mass is 10.1. The number of rotatable bonds is 9. The van der Waals surface area contributed by atoms with Crippen molar-refractivity contribution in [3.8, 4) is 0 Å². The molecule has 2 rings (SSSR count). The summed E-state index contributed by atoms with van der Waals surface area (Å²) in [4.78, 5) is 37.7. The van der Waals surface area contributed by atoms with Crippen LogP contribution in [0, 0.1) is 0 Å². The van der Waals surface area contributed by atoms with E-state index in [1.54, 1.807) is 35.5 Å². The highest BCUT2D eigenvalue weighted by molar-refractivity contribution is 7.08. The van der Waals surface area contributed by atoms with Crippen molar-refractivity contribution in [1.29, 1.82) is 0 Å². The molecule has 0 spiro atoms. The molecule has 0 aliphatic heterocycles. The van der Waals surface area contributed by atoms with Gasteiger partial charge in [-0.3, -0.25) is 14.4 Å². The predicted octanol–water partition coefficient (Wildman–Crippen LogP) is 3.05. The molecule has 0 atom stereocenters. The number of hydrogen-bond donors (Lipinski definition) is 2. The summed E-state index contributed by atoms with van der Waals surface area (Å²) in [5.74, 6) is -0.195. The van der Waals surface area contributed by atoms with Crippen LogP contribution in [0.1, 0.15) is 53.0 Å². The van der Waals surface area contributed by atoms with Crippen LogP contribution in [-0.2, 0) is 11.3 Å². The fourth-order valence-corrected chi connectivity index (χ4v) is 3.07. The summed E-state index contributed by atoms with van der Waals surface area (Å²) >= 11 is 1.48. The number of nitrogens with zero attached hydrogens (tertiary/aromatic N) is 1. The van der Waals surface area contributed by atoms with Crippen molar-refractivity contribution in [2.24, 2.45) is 0 Å². The molecule has 1 aromatic carbocycles. The summed E-state index contributed by atoms with van der Waals surface area (Å²) in [7, 11) is 1.78. The van der Waals surface area contributed by atoms with Crippen molar-refractivity contribution in [2.45, 2.75) is 39.3 Å². The summed E-state index contributed by atoms with van der Waals surface area (Å²) in [6, 6.07) is 9.17. The van der Waals surface area contributed by atoms with Crippen molar-refractivity contribution in [3.63, 3.8) is 0 Å². The van der Waals surface area contributed by atoms with Gasteiger partial charge in [0.05, 0.1) is 0 Å². The molecule has 0 radical (unpaired) electrons. The first-order chi connectivity index (χ1) is 13.4. The number of nitrogens with one attached hydrogen (secondary N) is 2. The molecule has 0 aliphatic rings. The highest BCUT2D eigenvalue weighted by atomic mass is 32.1. The van der Waals surface area contributed by atoms with Gasteiger partial charge in [-0.2, -0.15) is 11.3 Å². The third kappa shape index (κ3) is 6.49. The second-order valence-corrected chi connectivity index (χ2v) is 7.63. The molecule has 28 heavy (non-hydrogen) atoms. The van der Waals surface area contributed by atoms with E-state index >= 15 is 0 Å². The molecule has 1 aromatic heterocycles. The number of thiophene rings is 1. The molecule has 2 N–H and O–H groups in total. The van der Waals surface area contributed by atoms with Crippen LogP contribution in [0.15, 0.2) is 41.1 Å². The van der Waals surface area contributed by atoms with Crippen LogP contribution in [0.5, 0.6) is 0 Å². The molecular weight excluding hydrogens is 374 g/mol. The van der Waals surface area contributed by atoms with Crippen molar-refractivity contribution >= 4 is 29.1 Å². The third-order valence-corrected chi connectivity index (χ3v) is 5.12. The monoisotopic (exact) mass is 401 g/mol. The van der Waals surface area contributed by atoms with Gasteiger partial charge in [0, 0.05) is 49.1 Å². The van der Waals surface area contributed by atoms with Crippen LogP contribution in [0.25, 0.3) is 0 Å². The molecule has 6 nitrogen and oxygen atoms in total. The average molecular weight is 402 g/mol. The topological polar surface area (TPSA) is 78.5 Å². The number of carbonyl (C=O) groups is 3. The Morgan fingerprint density at radius 2 is 1.75 bits per heavy atom. The smallest absolute Gasteiger partial charge is 0.253 e. The van der Waals surface area contributed by atoms with Gasteiger partial charge in [-0.05, 0) is 49.4 Å². The molecule has 7 heteroatoms. The zero-order valence-corrected chi connectivity index (χ0v) is 17.3. The summed E-state index contributed by atoms with van der Waals surface area (Å²) in [6.07, 6.45) is 0.927. The lowest BCUT2D eigenvalue weighted by Crippen LogP contribution is -2.32. The Labute approximate surface area is 169 Å². The Kier molecular flexibility index (Phi) is 8.19. The maximum absolute atomic E-state index is 12.3. The zero-order chi connectivity index (χ0) is 20.5. The first-order valence-electron chi connectivity index (χ1n) is 9.31. The first-order valence-corrected chi connectivity index (χ1v) is 10.3. The average Bonchev–Trinajstić information content (AvgIpc) is 3.23. The van der Waals surface area contributed by atoms with Crippen LogP contribution in [-0.4, -0.2) is 42.3 Å². The molecule has 2 aromatic rings. The Bertz CT molecular complexity index is 786. The van der Waals surface area contributed by atoms with E-state index in [-0.39, 0.29) is 23.8 Å². The van der Waals surface area contributed by atoms with Gasteiger partial charge in [0.2, 0.25) is 5.91 Å². The maximum Gasteiger partial charge on any atom is 0.253 e. The summed E-state index contributed by atoms with van der Waals surface area (Å²) in [5, 5.41) is 9.31. The minimum absolute atomic E-state index is 0.0184. The molecule has 0 saturated carbocycles. The van der Waals surface area contributed by atoms with Gasteiger partial charge in [0.1, 0.15) is 0 Å². The lowest BCUT2D eigenvalue weighted by Gasteiger charge is -2.21. The van der Waals surface area contributed by atoms with Crippen LogP contribution < -0.4 is 10.6 Å². The second kappa shape index (κ2) is 10.6. The SMILES string of the molecule is CC(C)N(C)C(=O)c1ccc(CNC(=O)CCCNC(=O)c2ccsc2)cc1. The van der Waals surface area contributed by atoms with Gasteiger partial charge >= 0.3 is 0 Å². The second-order valence-electron chi connectivity index (χ2n) is 6.85. The third-order valence-electron chi connectivity index (χ3n) is 4.44. The van der Waals surface area contributed by atoms with Crippen molar-refractivity contribution in [2.75, 3.05) is 13.6 Å². The molecule has 3 amide bonds. The molecule has 0 fully saturated rings. The number of benzene rings is 1. The maximum atomic E-state index is 12.3. The van der Waals surface area contributed by atoms with E-state index < -0.39 is 0 Å². The van der Waals surface area contributed by atoms with Gasteiger partial charge in [-0.15, -0.1) is 0 Å². The lowest BCUT2D eigenvalue weighted by molar-refractivity contribution is -0.121. The Balaban J connectivity index is 1.68. The summed E-state index contributed by atoms with van der Waals surface area (Å²) in [6.45, 7) is 4.81. The van der Waals surface area contributed by atoms with Crippen molar-refractivity contribution in [1.82, 2.24) is 15.5 Å².